The number of allylic oxidation sites excluding steroid dienone is 2. The van der Waals surface area contributed by atoms with Gasteiger partial charge in [0.1, 0.15) is 78.2 Å². The molecule has 4 saturated carbocycles. The summed E-state index contributed by atoms with van der Waals surface area (Å²) in [5.41, 5.74) is -6.21. The summed E-state index contributed by atoms with van der Waals surface area (Å²) in [4.78, 5) is 28.2. The number of fused-ring (bicyclic) bond motifs is 7. The fourth-order valence-electron chi connectivity index (χ4n) is 17.5. The molecule has 0 radical (unpaired) electrons. The second kappa shape index (κ2) is 24.0. The summed E-state index contributed by atoms with van der Waals surface area (Å²) in [5.74, 6) is -2.83. The van der Waals surface area contributed by atoms with E-state index in [0.29, 0.717) is 32.1 Å². The number of esters is 2. The van der Waals surface area contributed by atoms with Crippen molar-refractivity contribution < 1.29 is 138 Å². The first kappa shape index (κ1) is 66.6. The molecule has 0 spiro atoms. The van der Waals surface area contributed by atoms with E-state index in [9.17, 15) is 81.4 Å². The summed E-state index contributed by atoms with van der Waals surface area (Å²) in [5, 5.41) is 166. The van der Waals surface area contributed by atoms with E-state index < -0.39 is 225 Å². The van der Waals surface area contributed by atoms with Crippen LogP contribution in [0.1, 0.15) is 107 Å². The Morgan fingerprint density at radius 3 is 1.91 bits per heavy atom. The van der Waals surface area contributed by atoms with Gasteiger partial charge in [-0.1, -0.05) is 53.2 Å². The average Bonchev–Trinajstić information content (AvgIpc) is 0.742. The molecule has 28 nitrogen and oxygen atoms in total. The predicted molar refractivity (Wildman–Crippen MR) is 285 cm³/mol. The van der Waals surface area contributed by atoms with E-state index in [2.05, 4.69) is 40.7 Å². The van der Waals surface area contributed by atoms with Crippen molar-refractivity contribution >= 4 is 11.9 Å². The van der Waals surface area contributed by atoms with Crippen molar-refractivity contribution in [3.63, 3.8) is 0 Å². The third-order valence-corrected chi connectivity index (χ3v) is 22.5. The summed E-state index contributed by atoms with van der Waals surface area (Å²) in [6, 6.07) is 0. The van der Waals surface area contributed by atoms with E-state index in [4.69, 9.17) is 52.1 Å². The van der Waals surface area contributed by atoms with Gasteiger partial charge < -0.3 is 129 Å². The van der Waals surface area contributed by atoms with Crippen LogP contribution in [0.4, 0.5) is 0 Å². The maximum absolute atomic E-state index is 15.5. The minimum absolute atomic E-state index is 0.107. The van der Waals surface area contributed by atoms with Crippen molar-refractivity contribution in [2.75, 3.05) is 33.0 Å². The molecule has 0 aromatic carbocycles. The molecule has 0 amide bonds. The van der Waals surface area contributed by atoms with Gasteiger partial charge in [0, 0.05) is 12.3 Å². The highest BCUT2D eigenvalue weighted by atomic mass is 16.8. The number of carbonyl (C=O) groups excluding carboxylic acids is 2. The molecule has 15 N–H and O–H groups in total. The van der Waals surface area contributed by atoms with Crippen molar-refractivity contribution in [1.29, 1.82) is 0 Å². The summed E-state index contributed by atoms with van der Waals surface area (Å²) >= 11 is 0. The number of hydrogen-bond donors (Lipinski definition) is 15. The highest BCUT2D eigenvalue weighted by Gasteiger charge is 2.73. The quantitative estimate of drug-likeness (QED) is 0.0477. The Kier molecular flexibility index (Phi) is 18.6. The minimum Gasteiger partial charge on any atom is -0.457 e. The Hall–Kier alpha value is -2.28. The molecule has 0 bridgehead atoms. The number of carbonyl (C=O) groups is 2. The van der Waals surface area contributed by atoms with Gasteiger partial charge in [-0.3, -0.25) is 9.59 Å². The lowest BCUT2D eigenvalue weighted by atomic mass is 9.33. The molecule has 0 aromatic rings. The molecule has 5 aliphatic carbocycles. The number of ether oxygens (including phenoxy) is 11. The second-order valence-electron chi connectivity index (χ2n) is 28.2. The molecule has 0 unspecified atom stereocenters. The number of hydrogen-bond acceptors (Lipinski definition) is 28. The number of aliphatic hydroxyl groups excluding tert-OH is 14. The SMILES string of the molecule is CC(=O)O[C@@H]1[C@@H](O)[C@H](O[C@H]2[C@H](OC(=O)[C@@]34CCC(C)(C)C[C@@H]3C3=CC[C@H]5[C@]6(C)C[C@@H](O)[C@@H](O[C@H]7O[C@@H](O)[C@H](O)[C@@H](O)[C@@H]7O)[C@](C)(CO)[C@@H]6CC[C@]5(C)[C@@]3(C)C[C@@H]4O)OC[C@H](O)[C@@H]2O)O[C@@H](C)[C@H]1O[C@@H]1OC[C@@H](O)[C@H](O[C@H]2OC[C@@](O)(CO)[C@@H]2O)[C@H]1O. The maximum atomic E-state index is 15.5. The number of rotatable bonds is 13. The summed E-state index contributed by atoms with van der Waals surface area (Å²) in [6.07, 6.45) is -32.7. The van der Waals surface area contributed by atoms with Crippen molar-refractivity contribution in [3.8, 4) is 0 Å². The van der Waals surface area contributed by atoms with E-state index >= 15 is 4.79 Å². The summed E-state index contributed by atoms with van der Waals surface area (Å²) in [7, 11) is 0. The Morgan fingerprint density at radius 1 is 0.605 bits per heavy atom. The Balaban J connectivity index is 0.877. The standard InChI is InChI=1S/C58H92O28/c1-23-39(81-46-37(70)40(29(64)19-76-46)82-50-43(72)57(75,21-60)22-78-50)41(80-24(2)61)38(71)48(79-23)83-42-33(66)28(63)18-77-49(42)86-51(74)58-14-13-52(3,4)15-26(58)25-9-10-31-53(5)16-27(62)44(84-47-36(69)34(67)35(68)45(73)85-47)54(6,20-59)30(53)11-12-55(31,7)56(25,8)17-32(58)65/h9,23,26-50,59-60,62-73,75H,10-22H2,1-8H3/t23-,26+,27+,28-,29+,30+,31-,32-,33-,34+,35+,36-,37+,38+,39+,40-,41+,42+,43+,44+,45+,46-,47-,48-,49-,50+,53+,54+,55-,56-,57-,58-/m0/s1. The molecular formula is C58H92O28. The van der Waals surface area contributed by atoms with Crippen molar-refractivity contribution in [2.45, 2.75) is 254 Å². The summed E-state index contributed by atoms with van der Waals surface area (Å²) < 4.78 is 64.3. The predicted octanol–water partition coefficient (Wildman–Crippen LogP) is -3.82. The van der Waals surface area contributed by atoms with Crippen LogP contribution in [-0.2, 0) is 61.7 Å². The normalized spacial score (nSPS) is 54.5. The molecule has 32 atom stereocenters. The molecule has 86 heavy (non-hydrogen) atoms. The Labute approximate surface area is 497 Å². The van der Waals surface area contributed by atoms with E-state index in [1.54, 1.807) is 6.92 Å². The third-order valence-electron chi connectivity index (χ3n) is 22.5. The molecule has 10 rings (SSSR count). The van der Waals surface area contributed by atoms with Gasteiger partial charge in [-0.05, 0) is 97.7 Å². The molecule has 10 aliphatic rings. The third kappa shape index (κ3) is 10.8. The van der Waals surface area contributed by atoms with Crippen LogP contribution < -0.4 is 0 Å². The average molecular weight is 1240 g/mol. The first-order valence-corrected chi connectivity index (χ1v) is 30.1. The van der Waals surface area contributed by atoms with Gasteiger partial charge >= 0.3 is 11.9 Å². The highest BCUT2D eigenvalue weighted by molar-refractivity contribution is 5.80. The van der Waals surface area contributed by atoms with Crippen LogP contribution in [0.3, 0.4) is 0 Å². The largest absolute Gasteiger partial charge is 0.457 e. The smallest absolute Gasteiger partial charge is 0.317 e. The molecule has 5 aliphatic heterocycles. The molecule has 492 valence electrons. The first-order chi connectivity index (χ1) is 40.2. The molecule has 0 aromatic heterocycles. The van der Waals surface area contributed by atoms with Crippen LogP contribution in [-0.4, -0.2) is 269 Å². The van der Waals surface area contributed by atoms with Gasteiger partial charge in [-0.15, -0.1) is 0 Å². The van der Waals surface area contributed by atoms with E-state index in [1.807, 2.05) is 0 Å². The van der Waals surface area contributed by atoms with Gasteiger partial charge in [0.15, 0.2) is 43.7 Å². The topological polar surface area (TPSA) is 439 Å². The Bertz CT molecular complexity index is 2470. The lowest BCUT2D eigenvalue weighted by Crippen LogP contribution is -2.70. The van der Waals surface area contributed by atoms with Gasteiger partial charge in [-0.2, -0.15) is 0 Å². The lowest BCUT2D eigenvalue weighted by molar-refractivity contribution is -0.372. The molecule has 9 fully saturated rings. The van der Waals surface area contributed by atoms with Crippen LogP contribution in [0.15, 0.2) is 11.6 Å². The molecule has 28 heteroatoms. The van der Waals surface area contributed by atoms with Gasteiger partial charge in [0.25, 0.3) is 0 Å². The zero-order valence-corrected chi connectivity index (χ0v) is 49.8. The van der Waals surface area contributed by atoms with Crippen LogP contribution in [0.2, 0.25) is 0 Å². The van der Waals surface area contributed by atoms with Crippen LogP contribution in [0.25, 0.3) is 0 Å². The second-order valence-corrected chi connectivity index (χ2v) is 28.2. The van der Waals surface area contributed by atoms with Crippen molar-refractivity contribution in [2.24, 2.45) is 50.2 Å². The first-order valence-electron chi connectivity index (χ1n) is 30.1. The minimum atomic E-state index is -2.09. The molecular weight excluding hydrogens is 1140 g/mol. The highest BCUT2D eigenvalue weighted by Crippen LogP contribution is 2.76. The van der Waals surface area contributed by atoms with Crippen LogP contribution in [0.5, 0.6) is 0 Å². The lowest BCUT2D eigenvalue weighted by Gasteiger charge is -2.72. The molecule has 5 saturated heterocycles. The van der Waals surface area contributed by atoms with Crippen molar-refractivity contribution in [3.05, 3.63) is 11.6 Å². The maximum Gasteiger partial charge on any atom is 0.317 e. The van der Waals surface area contributed by atoms with Crippen LogP contribution >= 0.6 is 0 Å². The number of aliphatic hydroxyl groups is 15. The zero-order valence-electron chi connectivity index (χ0n) is 49.8. The Morgan fingerprint density at radius 2 is 1.24 bits per heavy atom. The monoisotopic (exact) mass is 1240 g/mol. The van der Waals surface area contributed by atoms with E-state index in [0.717, 1.165) is 12.5 Å². The fraction of sp³-hybridized carbons (Fsp3) is 0.931. The zero-order chi connectivity index (χ0) is 62.9. The molecule has 5 heterocycles. The van der Waals surface area contributed by atoms with Crippen LogP contribution in [0, 0.1) is 50.2 Å². The van der Waals surface area contributed by atoms with Crippen molar-refractivity contribution in [1.82, 2.24) is 0 Å². The summed E-state index contributed by atoms with van der Waals surface area (Å²) in [6.45, 7) is 12.0. The fourth-order valence-corrected chi connectivity index (χ4v) is 17.5. The van der Waals surface area contributed by atoms with Gasteiger partial charge in [0.05, 0.1) is 57.5 Å². The van der Waals surface area contributed by atoms with E-state index in [1.165, 1.54) is 6.92 Å². The van der Waals surface area contributed by atoms with Gasteiger partial charge in [-0.25, -0.2) is 0 Å². The van der Waals surface area contributed by atoms with Gasteiger partial charge in [0.2, 0.25) is 6.29 Å². The van der Waals surface area contributed by atoms with E-state index in [-0.39, 0.29) is 36.5 Å².